The van der Waals surface area contributed by atoms with Crippen LogP contribution in [0.15, 0.2) is 11.1 Å². The highest BCUT2D eigenvalue weighted by molar-refractivity contribution is 5.94. The van der Waals surface area contributed by atoms with Crippen molar-refractivity contribution >= 4 is 17.7 Å². The molecular formula is C12H18O6. The van der Waals surface area contributed by atoms with Crippen molar-refractivity contribution in [3.63, 3.8) is 0 Å². The van der Waals surface area contributed by atoms with Crippen molar-refractivity contribution < 1.29 is 29.3 Å². The third-order valence-corrected chi connectivity index (χ3v) is 2.43. The van der Waals surface area contributed by atoms with Crippen molar-refractivity contribution in [3.05, 3.63) is 11.1 Å². The molecule has 6 heteroatoms. The van der Waals surface area contributed by atoms with E-state index in [9.17, 15) is 14.4 Å². The molecule has 18 heavy (non-hydrogen) atoms. The molecule has 102 valence electrons. The molecule has 0 amide bonds. The molecular weight excluding hydrogens is 240 g/mol. The second kappa shape index (κ2) is 8.41. The van der Waals surface area contributed by atoms with Crippen LogP contribution in [0, 0.1) is 0 Å². The van der Waals surface area contributed by atoms with Crippen molar-refractivity contribution in [2.45, 2.75) is 32.6 Å². The van der Waals surface area contributed by atoms with E-state index in [1.165, 1.54) is 7.11 Å². The number of hydrogen-bond acceptors (Lipinski definition) is 4. The number of hydrogen-bond donors (Lipinski definition) is 2. The SMILES string of the molecule is CCC(=O)CC(CCOC)=C(CC(=O)O)C(=O)O. The third kappa shape index (κ3) is 6.15. The second-order valence-corrected chi connectivity index (χ2v) is 3.77. The van der Waals surface area contributed by atoms with Crippen LogP contribution in [-0.2, 0) is 19.1 Å². The molecule has 0 bridgehead atoms. The molecule has 0 unspecified atom stereocenters. The predicted molar refractivity (Wildman–Crippen MR) is 63.3 cm³/mol. The Morgan fingerprint density at radius 2 is 1.72 bits per heavy atom. The van der Waals surface area contributed by atoms with E-state index in [1.54, 1.807) is 6.92 Å². The van der Waals surface area contributed by atoms with Crippen molar-refractivity contribution in [3.8, 4) is 0 Å². The van der Waals surface area contributed by atoms with E-state index in [4.69, 9.17) is 14.9 Å². The lowest BCUT2D eigenvalue weighted by molar-refractivity contribution is -0.139. The molecule has 0 rings (SSSR count). The minimum atomic E-state index is -1.30. The fraction of sp³-hybridized carbons (Fsp3) is 0.583. The van der Waals surface area contributed by atoms with Crippen LogP contribution >= 0.6 is 0 Å². The summed E-state index contributed by atoms with van der Waals surface area (Å²) in [5, 5.41) is 17.7. The van der Waals surface area contributed by atoms with Crippen molar-refractivity contribution in [1.82, 2.24) is 0 Å². The highest BCUT2D eigenvalue weighted by atomic mass is 16.5. The minimum Gasteiger partial charge on any atom is -0.481 e. The average Bonchev–Trinajstić information content (AvgIpc) is 2.30. The third-order valence-electron chi connectivity index (χ3n) is 2.43. The zero-order valence-corrected chi connectivity index (χ0v) is 10.6. The Bertz CT molecular complexity index is 356. The van der Waals surface area contributed by atoms with E-state index >= 15 is 0 Å². The van der Waals surface area contributed by atoms with Crippen LogP contribution in [0.1, 0.15) is 32.6 Å². The van der Waals surface area contributed by atoms with Crippen LogP contribution in [0.5, 0.6) is 0 Å². The number of carboxylic acid groups (broad SMARTS) is 2. The maximum atomic E-state index is 11.4. The summed E-state index contributed by atoms with van der Waals surface area (Å²) in [6.45, 7) is 1.93. The number of rotatable bonds is 9. The first-order chi connectivity index (χ1) is 8.42. The van der Waals surface area contributed by atoms with Gasteiger partial charge in [-0.15, -0.1) is 0 Å². The second-order valence-electron chi connectivity index (χ2n) is 3.77. The van der Waals surface area contributed by atoms with Gasteiger partial charge in [-0.3, -0.25) is 9.59 Å². The Morgan fingerprint density at radius 3 is 2.11 bits per heavy atom. The van der Waals surface area contributed by atoms with Gasteiger partial charge in [0.15, 0.2) is 0 Å². The molecule has 0 radical (unpaired) electrons. The van der Waals surface area contributed by atoms with Gasteiger partial charge >= 0.3 is 11.9 Å². The van der Waals surface area contributed by atoms with Gasteiger partial charge < -0.3 is 14.9 Å². The summed E-state index contributed by atoms with van der Waals surface area (Å²) >= 11 is 0. The summed E-state index contributed by atoms with van der Waals surface area (Å²) in [6.07, 6.45) is -0.0895. The summed E-state index contributed by atoms with van der Waals surface area (Å²) < 4.78 is 4.84. The largest absolute Gasteiger partial charge is 0.481 e. The van der Waals surface area contributed by atoms with Crippen molar-refractivity contribution in [1.29, 1.82) is 0 Å². The van der Waals surface area contributed by atoms with E-state index in [1.807, 2.05) is 0 Å². The summed E-state index contributed by atoms with van der Waals surface area (Å²) in [5.41, 5.74) is 0.111. The molecule has 0 aromatic carbocycles. The van der Waals surface area contributed by atoms with Gasteiger partial charge in [0.2, 0.25) is 0 Å². The number of carbonyl (C=O) groups excluding carboxylic acids is 1. The summed E-state index contributed by atoms with van der Waals surface area (Å²) in [6, 6.07) is 0. The van der Waals surface area contributed by atoms with Crippen molar-refractivity contribution in [2.75, 3.05) is 13.7 Å². The van der Waals surface area contributed by atoms with Crippen LogP contribution in [0.2, 0.25) is 0 Å². The lowest BCUT2D eigenvalue weighted by Gasteiger charge is -2.10. The lowest BCUT2D eigenvalue weighted by atomic mass is 9.97. The van der Waals surface area contributed by atoms with Crippen LogP contribution in [-0.4, -0.2) is 41.7 Å². The molecule has 0 aliphatic carbocycles. The first-order valence-electron chi connectivity index (χ1n) is 5.58. The lowest BCUT2D eigenvalue weighted by Crippen LogP contribution is -2.13. The first-order valence-corrected chi connectivity index (χ1v) is 5.58. The number of ketones is 1. The number of aliphatic carboxylic acids is 2. The molecule has 0 saturated heterocycles. The number of carboxylic acids is 2. The zero-order chi connectivity index (χ0) is 14.1. The van der Waals surface area contributed by atoms with E-state index in [-0.39, 0.29) is 37.2 Å². The Morgan fingerprint density at radius 1 is 1.11 bits per heavy atom. The number of carbonyl (C=O) groups is 3. The van der Waals surface area contributed by atoms with Crippen molar-refractivity contribution in [2.24, 2.45) is 0 Å². The number of methoxy groups -OCH3 is 1. The van der Waals surface area contributed by atoms with Crippen LogP contribution < -0.4 is 0 Å². The van der Waals surface area contributed by atoms with Gasteiger partial charge in [-0.1, -0.05) is 6.92 Å². The fourth-order valence-corrected chi connectivity index (χ4v) is 1.44. The number of ether oxygens (including phenoxy) is 1. The molecule has 0 heterocycles. The topological polar surface area (TPSA) is 101 Å². The normalized spacial score (nSPS) is 11.9. The quantitative estimate of drug-likeness (QED) is 0.603. The Balaban J connectivity index is 5.18. The van der Waals surface area contributed by atoms with Crippen LogP contribution in [0.3, 0.4) is 0 Å². The maximum absolute atomic E-state index is 11.4. The number of Topliss-reactive ketones (excluding diaryl/α,β-unsaturated/α-hetero) is 1. The van der Waals surface area contributed by atoms with Crippen LogP contribution in [0.4, 0.5) is 0 Å². The molecule has 2 N–H and O–H groups in total. The first kappa shape index (κ1) is 16.3. The van der Waals surface area contributed by atoms with E-state index in [2.05, 4.69) is 0 Å². The van der Waals surface area contributed by atoms with E-state index in [0.29, 0.717) is 5.57 Å². The smallest absolute Gasteiger partial charge is 0.332 e. The zero-order valence-electron chi connectivity index (χ0n) is 10.6. The standard InChI is InChI=1S/C12H18O6/c1-3-9(13)6-8(4-5-18-2)10(12(16)17)7-11(14)15/h3-7H2,1-2H3,(H,14,15)(H,16,17). The van der Waals surface area contributed by atoms with E-state index in [0.717, 1.165) is 0 Å². The highest BCUT2D eigenvalue weighted by Gasteiger charge is 2.19. The summed E-state index contributed by atoms with van der Waals surface area (Å²) in [5.74, 6) is -2.65. The summed E-state index contributed by atoms with van der Waals surface area (Å²) in [7, 11) is 1.46. The molecule has 6 nitrogen and oxygen atoms in total. The monoisotopic (exact) mass is 258 g/mol. The van der Waals surface area contributed by atoms with Gasteiger partial charge in [-0.05, 0) is 12.0 Å². The molecule has 0 aromatic heterocycles. The molecule has 0 spiro atoms. The Hall–Kier alpha value is -1.69. The molecule has 0 fully saturated rings. The molecule has 0 aliphatic rings. The van der Waals surface area contributed by atoms with Crippen LogP contribution in [0.25, 0.3) is 0 Å². The van der Waals surface area contributed by atoms with Gasteiger partial charge in [0.1, 0.15) is 5.78 Å². The fourth-order valence-electron chi connectivity index (χ4n) is 1.44. The Kier molecular flexibility index (Phi) is 7.62. The highest BCUT2D eigenvalue weighted by Crippen LogP contribution is 2.18. The molecule has 0 atom stereocenters. The predicted octanol–water partition coefficient (Wildman–Crippen LogP) is 1.25. The maximum Gasteiger partial charge on any atom is 0.332 e. The molecule has 0 saturated carbocycles. The van der Waals surface area contributed by atoms with E-state index < -0.39 is 18.4 Å². The van der Waals surface area contributed by atoms with Gasteiger partial charge in [-0.2, -0.15) is 0 Å². The van der Waals surface area contributed by atoms with Gasteiger partial charge in [0.05, 0.1) is 6.42 Å². The Labute approximate surface area is 105 Å². The average molecular weight is 258 g/mol. The van der Waals surface area contributed by atoms with Gasteiger partial charge in [0, 0.05) is 32.1 Å². The minimum absolute atomic E-state index is 0.0330. The van der Waals surface area contributed by atoms with Gasteiger partial charge in [-0.25, -0.2) is 4.79 Å². The summed E-state index contributed by atoms with van der Waals surface area (Å²) in [4.78, 5) is 33.1. The van der Waals surface area contributed by atoms with Gasteiger partial charge in [0.25, 0.3) is 0 Å². The molecule has 0 aliphatic heterocycles. The molecule has 0 aromatic rings.